The quantitative estimate of drug-likeness (QED) is 0.866. The van der Waals surface area contributed by atoms with E-state index in [4.69, 9.17) is 4.74 Å². The lowest BCUT2D eigenvalue weighted by atomic mass is 10.1. The third-order valence-corrected chi connectivity index (χ3v) is 3.04. The van der Waals surface area contributed by atoms with E-state index in [1.807, 2.05) is 0 Å². The zero-order valence-corrected chi connectivity index (χ0v) is 10.9. The van der Waals surface area contributed by atoms with Crippen LogP contribution in [0.15, 0.2) is 24.3 Å². The van der Waals surface area contributed by atoms with Gasteiger partial charge in [0.05, 0.1) is 23.8 Å². The van der Waals surface area contributed by atoms with Crippen LogP contribution in [0.3, 0.4) is 0 Å². The number of hydrogen-bond acceptors (Lipinski definition) is 4. The number of alkyl halides is 3. The Morgan fingerprint density at radius 1 is 1.50 bits per heavy atom. The summed E-state index contributed by atoms with van der Waals surface area (Å²) < 4.78 is 42.8. The molecular formula is C13H15F3N2O2. The third-order valence-electron chi connectivity index (χ3n) is 3.04. The van der Waals surface area contributed by atoms with Crippen LogP contribution in [-0.2, 0) is 15.7 Å². The van der Waals surface area contributed by atoms with Crippen molar-refractivity contribution < 1.29 is 22.7 Å². The number of nitrogens with one attached hydrogen (secondary N) is 1. The van der Waals surface area contributed by atoms with E-state index in [0.29, 0.717) is 25.4 Å². The van der Waals surface area contributed by atoms with E-state index in [1.165, 1.54) is 11.1 Å². The van der Waals surface area contributed by atoms with Crippen molar-refractivity contribution in [1.29, 1.82) is 0 Å². The first kappa shape index (κ1) is 14.6. The van der Waals surface area contributed by atoms with Gasteiger partial charge in [-0.15, -0.1) is 0 Å². The molecule has 0 amide bonds. The van der Waals surface area contributed by atoms with Crippen LogP contribution >= 0.6 is 0 Å². The topological polar surface area (TPSA) is 41.6 Å². The lowest BCUT2D eigenvalue weighted by Crippen LogP contribution is -2.30. The van der Waals surface area contributed by atoms with E-state index in [2.05, 4.69) is 5.43 Å². The van der Waals surface area contributed by atoms with Gasteiger partial charge in [0.2, 0.25) is 0 Å². The highest BCUT2D eigenvalue weighted by Crippen LogP contribution is 2.32. The summed E-state index contributed by atoms with van der Waals surface area (Å²) in [6.07, 6.45) is -4.38. The number of halogens is 3. The number of carbonyl (C=O) groups excluding carboxylic acids is 1. The first-order valence-electron chi connectivity index (χ1n) is 6.26. The lowest BCUT2D eigenvalue weighted by molar-refractivity contribution is -0.146. The predicted octanol–water partition coefficient (Wildman–Crippen LogP) is 2.21. The van der Waals surface area contributed by atoms with E-state index in [9.17, 15) is 18.0 Å². The standard InChI is InChI=1S/C13H15F3N2O2/c1-2-20-12(19)9-7-17-18(8-9)11-5-3-4-10(6-11)13(14,15)16/h3-6,9,17H,2,7-8H2,1H3. The van der Waals surface area contributed by atoms with Crippen molar-refractivity contribution in [2.45, 2.75) is 13.1 Å². The fraction of sp³-hybridized carbons (Fsp3) is 0.462. The fourth-order valence-electron chi connectivity index (χ4n) is 2.03. The summed E-state index contributed by atoms with van der Waals surface area (Å²) >= 11 is 0. The summed E-state index contributed by atoms with van der Waals surface area (Å²) in [6.45, 7) is 2.65. The molecule has 2 rings (SSSR count). The molecule has 1 saturated heterocycles. The van der Waals surface area contributed by atoms with Crippen molar-refractivity contribution in [1.82, 2.24) is 5.43 Å². The molecule has 1 aliphatic rings. The second-order valence-corrected chi connectivity index (χ2v) is 4.47. The molecule has 1 unspecified atom stereocenters. The Kier molecular flexibility index (Phi) is 4.17. The Labute approximate surface area is 114 Å². The van der Waals surface area contributed by atoms with Crippen LogP contribution in [-0.4, -0.2) is 25.7 Å². The molecule has 7 heteroatoms. The maximum absolute atomic E-state index is 12.6. The molecule has 20 heavy (non-hydrogen) atoms. The van der Waals surface area contributed by atoms with Crippen LogP contribution < -0.4 is 10.4 Å². The molecule has 1 N–H and O–H groups in total. The molecule has 0 bridgehead atoms. The van der Waals surface area contributed by atoms with Gasteiger partial charge in [-0.05, 0) is 25.1 Å². The average molecular weight is 288 g/mol. The summed E-state index contributed by atoms with van der Waals surface area (Å²) in [6, 6.07) is 4.98. The molecule has 1 atom stereocenters. The van der Waals surface area contributed by atoms with E-state index >= 15 is 0 Å². The van der Waals surface area contributed by atoms with Crippen molar-refractivity contribution in [2.24, 2.45) is 5.92 Å². The van der Waals surface area contributed by atoms with Crippen molar-refractivity contribution >= 4 is 11.7 Å². The summed E-state index contributed by atoms with van der Waals surface area (Å²) in [5, 5.41) is 1.54. The Balaban J connectivity index is 2.09. The maximum atomic E-state index is 12.6. The molecule has 0 aliphatic carbocycles. The largest absolute Gasteiger partial charge is 0.466 e. The van der Waals surface area contributed by atoms with Crippen LogP contribution in [0, 0.1) is 5.92 Å². The highest BCUT2D eigenvalue weighted by Gasteiger charge is 2.33. The number of anilines is 1. The Bertz CT molecular complexity index is 491. The van der Waals surface area contributed by atoms with E-state index in [0.717, 1.165) is 12.1 Å². The molecule has 1 aromatic carbocycles. The molecule has 1 fully saturated rings. The van der Waals surface area contributed by atoms with Crippen LogP contribution in [0.5, 0.6) is 0 Å². The van der Waals surface area contributed by atoms with Gasteiger partial charge in [0.25, 0.3) is 0 Å². The molecular weight excluding hydrogens is 273 g/mol. The first-order valence-corrected chi connectivity index (χ1v) is 6.26. The number of hydrazine groups is 1. The summed E-state index contributed by atoms with van der Waals surface area (Å²) in [5.41, 5.74) is 2.58. The smallest absolute Gasteiger partial charge is 0.416 e. The second kappa shape index (κ2) is 5.70. The number of benzene rings is 1. The minimum absolute atomic E-state index is 0.291. The molecule has 0 radical (unpaired) electrons. The van der Waals surface area contributed by atoms with E-state index < -0.39 is 11.7 Å². The fourth-order valence-corrected chi connectivity index (χ4v) is 2.03. The molecule has 0 saturated carbocycles. The van der Waals surface area contributed by atoms with Gasteiger partial charge < -0.3 is 9.75 Å². The zero-order chi connectivity index (χ0) is 14.8. The molecule has 4 nitrogen and oxygen atoms in total. The third kappa shape index (κ3) is 3.22. The zero-order valence-electron chi connectivity index (χ0n) is 10.9. The minimum Gasteiger partial charge on any atom is -0.466 e. The van der Waals surface area contributed by atoms with Gasteiger partial charge in [0.15, 0.2) is 0 Å². The van der Waals surface area contributed by atoms with Crippen LogP contribution in [0.1, 0.15) is 12.5 Å². The predicted molar refractivity (Wildman–Crippen MR) is 66.9 cm³/mol. The van der Waals surface area contributed by atoms with Gasteiger partial charge in [0, 0.05) is 13.1 Å². The van der Waals surface area contributed by atoms with E-state index in [1.54, 1.807) is 13.0 Å². The SMILES string of the molecule is CCOC(=O)C1CNN(c2cccc(C(F)(F)F)c2)C1. The van der Waals surface area contributed by atoms with Gasteiger partial charge in [0.1, 0.15) is 0 Å². The lowest BCUT2D eigenvalue weighted by Gasteiger charge is -2.19. The van der Waals surface area contributed by atoms with Crippen molar-refractivity contribution in [3.05, 3.63) is 29.8 Å². The van der Waals surface area contributed by atoms with Gasteiger partial charge >= 0.3 is 12.1 Å². The van der Waals surface area contributed by atoms with Gasteiger partial charge in [-0.2, -0.15) is 13.2 Å². The first-order chi connectivity index (χ1) is 9.41. The van der Waals surface area contributed by atoms with Crippen molar-refractivity contribution in [2.75, 3.05) is 24.7 Å². The molecule has 1 aliphatic heterocycles. The monoisotopic (exact) mass is 288 g/mol. The number of nitrogens with zero attached hydrogens (tertiary/aromatic N) is 1. The van der Waals surface area contributed by atoms with Crippen LogP contribution in [0.4, 0.5) is 18.9 Å². The molecule has 110 valence electrons. The molecule has 1 heterocycles. The number of rotatable bonds is 3. The van der Waals surface area contributed by atoms with E-state index in [-0.39, 0.29) is 11.9 Å². The normalized spacial score (nSPS) is 19.2. The molecule has 1 aromatic rings. The van der Waals surface area contributed by atoms with Crippen molar-refractivity contribution in [3.63, 3.8) is 0 Å². The van der Waals surface area contributed by atoms with Crippen LogP contribution in [0.2, 0.25) is 0 Å². The summed E-state index contributed by atoms with van der Waals surface area (Å²) in [5.74, 6) is -0.709. The Morgan fingerprint density at radius 3 is 2.90 bits per heavy atom. The number of ether oxygens (including phenoxy) is 1. The Hall–Kier alpha value is -1.76. The highest BCUT2D eigenvalue weighted by molar-refractivity contribution is 5.74. The van der Waals surface area contributed by atoms with Gasteiger partial charge in [-0.25, -0.2) is 5.43 Å². The van der Waals surface area contributed by atoms with Gasteiger partial charge in [-0.1, -0.05) is 6.07 Å². The maximum Gasteiger partial charge on any atom is 0.416 e. The summed E-state index contributed by atoms with van der Waals surface area (Å²) in [7, 11) is 0. The molecule has 0 aromatic heterocycles. The van der Waals surface area contributed by atoms with Crippen molar-refractivity contribution in [3.8, 4) is 0 Å². The molecule has 0 spiro atoms. The second-order valence-electron chi connectivity index (χ2n) is 4.47. The van der Waals surface area contributed by atoms with Gasteiger partial charge in [-0.3, -0.25) is 4.79 Å². The van der Waals surface area contributed by atoms with Crippen LogP contribution in [0.25, 0.3) is 0 Å². The number of carbonyl (C=O) groups is 1. The average Bonchev–Trinajstić information content (AvgIpc) is 2.88. The minimum atomic E-state index is -4.38. The number of esters is 1. The number of hydrogen-bond donors (Lipinski definition) is 1. The summed E-state index contributed by atoms with van der Waals surface area (Å²) in [4.78, 5) is 11.6. The highest BCUT2D eigenvalue weighted by atomic mass is 19.4. The Morgan fingerprint density at radius 2 is 2.25 bits per heavy atom.